The molecule has 5 nitrogen and oxygen atoms in total. The Kier molecular flexibility index (Phi) is 8.18. The summed E-state index contributed by atoms with van der Waals surface area (Å²) in [6, 6.07) is 13.1. The van der Waals surface area contributed by atoms with E-state index >= 15 is 0 Å². The Morgan fingerprint density at radius 2 is 1.00 bits per heavy atom. The average Bonchev–Trinajstić information content (AvgIpc) is 3.23. The third-order valence-electron chi connectivity index (χ3n) is 6.78. The summed E-state index contributed by atoms with van der Waals surface area (Å²) in [7, 11) is 5.02. The van der Waals surface area contributed by atoms with Crippen molar-refractivity contribution in [2.75, 3.05) is 44.2 Å². The zero-order chi connectivity index (χ0) is 26.9. The molecule has 1 aliphatic rings. The number of rotatable bonds is 6. The molecule has 0 amide bonds. The third kappa shape index (κ3) is 5.36. The molecule has 1 fully saturated rings. The van der Waals surface area contributed by atoms with Crippen molar-refractivity contribution >= 4 is 20.3 Å². The van der Waals surface area contributed by atoms with Gasteiger partial charge < -0.3 is 0 Å². The zero-order valence-corrected chi connectivity index (χ0v) is 25.2. The van der Waals surface area contributed by atoms with Crippen LogP contribution in [-0.4, -0.2) is 43.4 Å². The molecule has 0 saturated carbocycles. The Morgan fingerprint density at radius 1 is 0.595 bits per heavy atom. The SMILES string of the molecule is COc1cc(OC)c(OC)cc1[CH]=[Ru]=[C]1N(c2c(C)cc(C)cc2C)CCN1c1c(C)cc(C)cc1C. The number of hydrogen-bond donors (Lipinski definition) is 0. The summed E-state index contributed by atoms with van der Waals surface area (Å²) in [5.41, 5.74) is 11.5. The van der Waals surface area contributed by atoms with Gasteiger partial charge in [0, 0.05) is 0 Å². The van der Waals surface area contributed by atoms with Gasteiger partial charge in [0.25, 0.3) is 0 Å². The molecule has 3 aromatic rings. The summed E-state index contributed by atoms with van der Waals surface area (Å²) >= 11 is -0.311. The normalized spacial score (nSPS) is 13.3. The molecule has 0 spiro atoms. The van der Waals surface area contributed by atoms with Gasteiger partial charge in [-0.2, -0.15) is 0 Å². The Morgan fingerprint density at radius 3 is 1.41 bits per heavy atom. The molecule has 0 unspecified atom stereocenters. The van der Waals surface area contributed by atoms with Crippen LogP contribution in [-0.2, 0) is 16.2 Å². The van der Waals surface area contributed by atoms with Crippen LogP contribution in [0, 0.1) is 41.5 Å². The van der Waals surface area contributed by atoms with E-state index in [4.69, 9.17) is 14.2 Å². The number of anilines is 2. The molecule has 0 aromatic heterocycles. The fraction of sp³-hybridized carbons (Fsp3) is 0.355. The van der Waals surface area contributed by atoms with E-state index < -0.39 is 0 Å². The van der Waals surface area contributed by atoms with Gasteiger partial charge in [0.1, 0.15) is 0 Å². The predicted molar refractivity (Wildman–Crippen MR) is 152 cm³/mol. The molecule has 3 aromatic carbocycles. The average molecular weight is 588 g/mol. The molecule has 4 rings (SSSR count). The van der Waals surface area contributed by atoms with E-state index in [-0.39, 0.29) is 16.2 Å². The summed E-state index contributed by atoms with van der Waals surface area (Å²) < 4.78 is 20.5. The summed E-state index contributed by atoms with van der Waals surface area (Å²) in [6.07, 6.45) is 0. The van der Waals surface area contributed by atoms with Gasteiger partial charge in [0.05, 0.1) is 0 Å². The van der Waals surface area contributed by atoms with E-state index in [1.807, 2.05) is 12.1 Å². The van der Waals surface area contributed by atoms with Gasteiger partial charge >= 0.3 is 229 Å². The monoisotopic (exact) mass is 588 g/mol. The second kappa shape index (κ2) is 11.2. The molecule has 0 aliphatic carbocycles. The number of ether oxygens (including phenoxy) is 3. The maximum atomic E-state index is 5.74. The van der Waals surface area contributed by atoms with E-state index in [0.29, 0.717) is 11.5 Å². The van der Waals surface area contributed by atoms with E-state index in [1.165, 1.54) is 49.1 Å². The van der Waals surface area contributed by atoms with Gasteiger partial charge in [0.2, 0.25) is 0 Å². The topological polar surface area (TPSA) is 34.2 Å². The fourth-order valence-corrected chi connectivity index (χ4v) is 7.67. The van der Waals surface area contributed by atoms with E-state index in [0.717, 1.165) is 24.4 Å². The minimum atomic E-state index is -0.311. The number of hydrogen-bond acceptors (Lipinski definition) is 5. The second-order valence-electron chi connectivity index (χ2n) is 9.71. The van der Waals surface area contributed by atoms with Crippen molar-refractivity contribution in [3.05, 3.63) is 75.3 Å². The molecular weight excluding hydrogens is 549 g/mol. The van der Waals surface area contributed by atoms with Crippen LogP contribution in [0.25, 0.3) is 0 Å². The molecule has 0 bridgehead atoms. The van der Waals surface area contributed by atoms with Crippen LogP contribution in [0.5, 0.6) is 17.2 Å². The third-order valence-corrected chi connectivity index (χ3v) is 8.96. The first-order chi connectivity index (χ1) is 17.7. The van der Waals surface area contributed by atoms with Crippen LogP contribution >= 0.6 is 0 Å². The van der Waals surface area contributed by atoms with Gasteiger partial charge in [-0.25, -0.2) is 0 Å². The van der Waals surface area contributed by atoms with Gasteiger partial charge in [0.15, 0.2) is 0 Å². The van der Waals surface area contributed by atoms with E-state index in [1.54, 1.807) is 21.3 Å². The van der Waals surface area contributed by atoms with Gasteiger partial charge in [-0.05, 0) is 0 Å². The molecule has 1 aliphatic heterocycles. The number of aryl methyl sites for hydroxylation is 6. The predicted octanol–water partition coefficient (Wildman–Crippen LogP) is 5.91. The molecule has 0 N–H and O–H groups in total. The fourth-order valence-electron chi connectivity index (χ4n) is 5.47. The van der Waals surface area contributed by atoms with Crippen LogP contribution in [0.2, 0.25) is 0 Å². The molecule has 37 heavy (non-hydrogen) atoms. The number of nitrogens with zero attached hydrogens (tertiary/aromatic N) is 2. The summed E-state index contributed by atoms with van der Waals surface area (Å²) in [5.74, 6) is 2.16. The maximum absolute atomic E-state index is 5.74. The summed E-state index contributed by atoms with van der Waals surface area (Å²) in [5, 5.41) is 0. The van der Waals surface area contributed by atoms with Crippen LogP contribution < -0.4 is 24.0 Å². The van der Waals surface area contributed by atoms with E-state index in [2.05, 4.69) is 80.2 Å². The Labute approximate surface area is 228 Å². The van der Waals surface area contributed by atoms with Crippen LogP contribution in [0.4, 0.5) is 11.4 Å². The molecule has 198 valence electrons. The molecule has 0 radical (unpaired) electrons. The summed E-state index contributed by atoms with van der Waals surface area (Å²) in [4.78, 5) is 5.09. The van der Waals surface area contributed by atoms with Crippen molar-refractivity contribution in [1.82, 2.24) is 0 Å². The van der Waals surface area contributed by atoms with Crippen molar-refractivity contribution < 1.29 is 30.4 Å². The first-order valence-corrected chi connectivity index (χ1v) is 14.4. The molecule has 1 saturated heterocycles. The molecular formula is C31H38N2O3Ru. The minimum absolute atomic E-state index is 0.311. The first kappa shape index (κ1) is 27.1. The van der Waals surface area contributed by atoms with Crippen LogP contribution in [0.3, 0.4) is 0 Å². The van der Waals surface area contributed by atoms with Crippen molar-refractivity contribution in [2.45, 2.75) is 41.5 Å². The standard InChI is InChI=1S/C21H26N2.C10H12O3.Ru/c1-14-9-16(3)20(17(4)10-14)22-7-8-23(13-22)21-18(5)11-15(2)12-19(21)6;1-7-5-9(12-3)10(13-4)6-8(7)11-2;/h9-12H,7-8H2,1-6H3;1,5-6H,2-4H3;. The number of methoxy groups -OCH3 is 3. The van der Waals surface area contributed by atoms with Gasteiger partial charge in [-0.3, -0.25) is 0 Å². The Bertz CT molecular complexity index is 1290. The van der Waals surface area contributed by atoms with Gasteiger partial charge in [-0.15, -0.1) is 0 Å². The van der Waals surface area contributed by atoms with Crippen molar-refractivity contribution in [3.63, 3.8) is 0 Å². The van der Waals surface area contributed by atoms with Crippen LogP contribution in [0.1, 0.15) is 38.9 Å². The number of benzene rings is 3. The van der Waals surface area contributed by atoms with Crippen molar-refractivity contribution in [2.24, 2.45) is 0 Å². The van der Waals surface area contributed by atoms with Gasteiger partial charge in [-0.1, -0.05) is 0 Å². The second-order valence-corrected chi connectivity index (χ2v) is 11.5. The van der Waals surface area contributed by atoms with Crippen molar-refractivity contribution in [1.29, 1.82) is 0 Å². The molecule has 0 atom stereocenters. The zero-order valence-electron chi connectivity index (χ0n) is 23.4. The van der Waals surface area contributed by atoms with E-state index in [9.17, 15) is 0 Å². The first-order valence-electron chi connectivity index (χ1n) is 12.5. The Hall–Kier alpha value is -2.98. The molecule has 6 heteroatoms. The summed E-state index contributed by atoms with van der Waals surface area (Å²) in [6.45, 7) is 15.2. The quantitative estimate of drug-likeness (QED) is 0.335. The Balaban J connectivity index is 1.95. The molecule has 1 heterocycles. The van der Waals surface area contributed by atoms with Crippen molar-refractivity contribution in [3.8, 4) is 17.2 Å². The van der Waals surface area contributed by atoms with Crippen LogP contribution in [0.15, 0.2) is 36.4 Å².